The second kappa shape index (κ2) is 14.2. The summed E-state index contributed by atoms with van der Waals surface area (Å²) in [6.45, 7) is 7.40. The highest BCUT2D eigenvalue weighted by molar-refractivity contribution is 14.0. The standard InChI is InChI=1S/C19H32N4O.HI/c1-2-20-19(23-14-7-15-24-16-17-10-11-17)22-13-6-12-21-18-8-4-3-5-9-18;/h3-5,8-9,17,21H,2,6-7,10-16H2,1H3,(H2,20,22,23);1H. The lowest BCUT2D eigenvalue weighted by molar-refractivity contribution is 0.123. The summed E-state index contributed by atoms with van der Waals surface area (Å²) in [5.41, 5.74) is 1.16. The minimum atomic E-state index is 0. The van der Waals surface area contributed by atoms with Gasteiger partial charge in [-0.25, -0.2) is 0 Å². The molecule has 0 saturated heterocycles. The van der Waals surface area contributed by atoms with Gasteiger partial charge in [0.25, 0.3) is 0 Å². The topological polar surface area (TPSA) is 57.7 Å². The van der Waals surface area contributed by atoms with E-state index in [-0.39, 0.29) is 24.0 Å². The minimum absolute atomic E-state index is 0. The second-order valence-electron chi connectivity index (χ2n) is 6.21. The summed E-state index contributed by atoms with van der Waals surface area (Å²) in [4.78, 5) is 4.61. The smallest absolute Gasteiger partial charge is 0.191 e. The molecule has 25 heavy (non-hydrogen) atoms. The Labute approximate surface area is 169 Å². The molecule has 6 heteroatoms. The lowest BCUT2D eigenvalue weighted by Gasteiger charge is -2.11. The number of hydrogen-bond donors (Lipinski definition) is 3. The Morgan fingerprint density at radius 2 is 1.92 bits per heavy atom. The van der Waals surface area contributed by atoms with Crippen LogP contribution in [0.4, 0.5) is 5.69 Å². The SMILES string of the molecule is CCNC(=NCCCNc1ccccc1)NCCCOCC1CC1.I. The number of nitrogens with one attached hydrogen (secondary N) is 3. The van der Waals surface area contributed by atoms with Gasteiger partial charge in [-0.3, -0.25) is 4.99 Å². The fourth-order valence-electron chi connectivity index (χ4n) is 2.32. The van der Waals surface area contributed by atoms with Crippen LogP contribution in [0, 0.1) is 5.92 Å². The number of guanidine groups is 1. The first kappa shape index (κ1) is 22.0. The molecular weight excluding hydrogens is 427 g/mol. The summed E-state index contributed by atoms with van der Waals surface area (Å²) in [5, 5.41) is 10.1. The molecular formula is C19H33IN4O. The van der Waals surface area contributed by atoms with Gasteiger partial charge in [-0.1, -0.05) is 18.2 Å². The summed E-state index contributed by atoms with van der Waals surface area (Å²) in [6.07, 6.45) is 4.74. The number of hydrogen-bond acceptors (Lipinski definition) is 3. The van der Waals surface area contributed by atoms with E-state index in [9.17, 15) is 0 Å². The van der Waals surface area contributed by atoms with Crippen LogP contribution in [0.15, 0.2) is 35.3 Å². The maximum atomic E-state index is 5.65. The lowest BCUT2D eigenvalue weighted by atomic mass is 10.3. The number of halogens is 1. The number of benzene rings is 1. The van der Waals surface area contributed by atoms with E-state index in [1.54, 1.807) is 0 Å². The molecule has 0 amide bonds. The lowest BCUT2D eigenvalue weighted by Crippen LogP contribution is -2.38. The highest BCUT2D eigenvalue weighted by Gasteiger charge is 2.20. The molecule has 1 aromatic rings. The predicted octanol–water partition coefficient (Wildman–Crippen LogP) is 3.48. The second-order valence-corrected chi connectivity index (χ2v) is 6.21. The van der Waals surface area contributed by atoms with Gasteiger partial charge in [0.1, 0.15) is 0 Å². The van der Waals surface area contributed by atoms with Crippen LogP contribution >= 0.6 is 24.0 Å². The zero-order valence-corrected chi connectivity index (χ0v) is 17.6. The Hall–Kier alpha value is -1.02. The molecule has 0 unspecified atom stereocenters. The van der Waals surface area contributed by atoms with Gasteiger partial charge in [0.05, 0.1) is 0 Å². The normalized spacial score (nSPS) is 13.9. The van der Waals surface area contributed by atoms with E-state index in [1.165, 1.54) is 12.8 Å². The van der Waals surface area contributed by atoms with Crippen molar-refractivity contribution in [2.75, 3.05) is 44.7 Å². The number of ether oxygens (including phenoxy) is 1. The summed E-state index contributed by atoms with van der Waals surface area (Å²) in [6, 6.07) is 10.3. The largest absolute Gasteiger partial charge is 0.385 e. The Balaban J connectivity index is 0.00000312. The average molecular weight is 460 g/mol. The quantitative estimate of drug-likeness (QED) is 0.194. The Morgan fingerprint density at radius 1 is 1.12 bits per heavy atom. The van der Waals surface area contributed by atoms with E-state index in [0.717, 1.165) is 69.8 Å². The number of para-hydroxylation sites is 1. The molecule has 1 aliphatic carbocycles. The van der Waals surface area contributed by atoms with Crippen molar-refractivity contribution in [2.45, 2.75) is 32.6 Å². The predicted molar refractivity (Wildman–Crippen MR) is 117 cm³/mol. The third kappa shape index (κ3) is 11.3. The van der Waals surface area contributed by atoms with Gasteiger partial charge in [-0.15, -0.1) is 24.0 Å². The van der Waals surface area contributed by atoms with E-state index in [2.05, 4.69) is 40.0 Å². The van der Waals surface area contributed by atoms with Crippen LogP contribution in [0.25, 0.3) is 0 Å². The fourth-order valence-corrected chi connectivity index (χ4v) is 2.32. The molecule has 0 aliphatic heterocycles. The van der Waals surface area contributed by atoms with Gasteiger partial charge in [0.15, 0.2) is 5.96 Å². The summed E-state index contributed by atoms with van der Waals surface area (Å²) in [7, 11) is 0. The fraction of sp³-hybridized carbons (Fsp3) is 0.632. The van der Waals surface area contributed by atoms with Gasteiger partial charge in [-0.05, 0) is 50.7 Å². The van der Waals surface area contributed by atoms with Crippen molar-refractivity contribution in [3.8, 4) is 0 Å². The van der Waals surface area contributed by atoms with Gasteiger partial charge in [-0.2, -0.15) is 0 Å². The maximum Gasteiger partial charge on any atom is 0.191 e. The number of nitrogens with zero attached hydrogens (tertiary/aromatic N) is 1. The molecule has 0 spiro atoms. The first-order valence-corrected chi connectivity index (χ1v) is 9.27. The summed E-state index contributed by atoms with van der Waals surface area (Å²) < 4.78 is 5.65. The molecule has 0 bridgehead atoms. The van der Waals surface area contributed by atoms with Gasteiger partial charge >= 0.3 is 0 Å². The van der Waals surface area contributed by atoms with Crippen molar-refractivity contribution in [3.63, 3.8) is 0 Å². The van der Waals surface area contributed by atoms with E-state index in [0.29, 0.717) is 0 Å². The number of rotatable bonds is 12. The van der Waals surface area contributed by atoms with Crippen molar-refractivity contribution in [3.05, 3.63) is 30.3 Å². The van der Waals surface area contributed by atoms with Gasteiger partial charge in [0.2, 0.25) is 0 Å². The Bertz CT molecular complexity index is 466. The number of anilines is 1. The first-order valence-electron chi connectivity index (χ1n) is 9.27. The molecule has 0 aromatic heterocycles. The Kier molecular flexibility index (Phi) is 12.5. The van der Waals surface area contributed by atoms with Gasteiger partial charge < -0.3 is 20.7 Å². The van der Waals surface area contributed by atoms with Crippen LogP contribution in [0.1, 0.15) is 32.6 Å². The molecule has 1 aromatic carbocycles. The molecule has 5 nitrogen and oxygen atoms in total. The maximum absolute atomic E-state index is 5.65. The monoisotopic (exact) mass is 460 g/mol. The molecule has 0 heterocycles. The summed E-state index contributed by atoms with van der Waals surface area (Å²) in [5.74, 6) is 1.75. The highest BCUT2D eigenvalue weighted by Crippen LogP contribution is 2.28. The van der Waals surface area contributed by atoms with Crippen LogP contribution in [0.5, 0.6) is 0 Å². The molecule has 142 valence electrons. The third-order valence-electron chi connectivity index (χ3n) is 3.86. The van der Waals surface area contributed by atoms with E-state index in [4.69, 9.17) is 4.74 Å². The van der Waals surface area contributed by atoms with E-state index in [1.807, 2.05) is 18.2 Å². The molecule has 1 fully saturated rings. The van der Waals surface area contributed by atoms with Crippen LogP contribution in [0.3, 0.4) is 0 Å². The molecule has 0 atom stereocenters. The van der Waals surface area contributed by atoms with Crippen molar-refractivity contribution in [1.29, 1.82) is 0 Å². The molecule has 1 aliphatic rings. The van der Waals surface area contributed by atoms with E-state index >= 15 is 0 Å². The zero-order chi connectivity index (χ0) is 16.9. The zero-order valence-electron chi connectivity index (χ0n) is 15.3. The van der Waals surface area contributed by atoms with Crippen molar-refractivity contribution < 1.29 is 4.74 Å². The molecule has 2 rings (SSSR count). The van der Waals surface area contributed by atoms with Crippen LogP contribution in [0.2, 0.25) is 0 Å². The molecule has 3 N–H and O–H groups in total. The number of aliphatic imine (C=N–C) groups is 1. The highest BCUT2D eigenvalue weighted by atomic mass is 127. The average Bonchev–Trinajstić information content (AvgIpc) is 3.42. The minimum Gasteiger partial charge on any atom is -0.385 e. The van der Waals surface area contributed by atoms with Crippen molar-refractivity contribution >= 4 is 35.6 Å². The van der Waals surface area contributed by atoms with E-state index < -0.39 is 0 Å². The molecule has 0 radical (unpaired) electrons. The van der Waals surface area contributed by atoms with Gasteiger partial charge in [0, 0.05) is 45.1 Å². The summed E-state index contributed by atoms with van der Waals surface area (Å²) >= 11 is 0. The first-order chi connectivity index (χ1) is 11.9. The van der Waals surface area contributed by atoms with Crippen LogP contribution in [-0.2, 0) is 4.74 Å². The Morgan fingerprint density at radius 3 is 2.64 bits per heavy atom. The van der Waals surface area contributed by atoms with Crippen molar-refractivity contribution in [2.24, 2.45) is 10.9 Å². The molecule has 1 saturated carbocycles. The third-order valence-corrected chi connectivity index (χ3v) is 3.86. The van der Waals surface area contributed by atoms with Crippen LogP contribution < -0.4 is 16.0 Å². The van der Waals surface area contributed by atoms with Crippen LogP contribution in [-0.4, -0.2) is 45.4 Å². The van der Waals surface area contributed by atoms with Crippen molar-refractivity contribution in [1.82, 2.24) is 10.6 Å².